The van der Waals surface area contributed by atoms with E-state index in [1.807, 2.05) is 0 Å². The van der Waals surface area contributed by atoms with Gasteiger partial charge in [0.1, 0.15) is 6.10 Å². The number of amides is 1. The third kappa shape index (κ3) is 4.26. The predicted octanol–water partition coefficient (Wildman–Crippen LogP) is 1.99. The summed E-state index contributed by atoms with van der Waals surface area (Å²) in [6, 6.07) is 0. The molecule has 0 heterocycles. The minimum atomic E-state index is -4.04. The number of aliphatic hydroxyl groups excluding tert-OH is 1. The molecule has 0 fully saturated rings. The van der Waals surface area contributed by atoms with Crippen LogP contribution < -0.4 is 0 Å². The zero-order valence-electron chi connectivity index (χ0n) is 11.9. The van der Waals surface area contributed by atoms with Crippen LogP contribution in [0.1, 0.15) is 27.2 Å². The van der Waals surface area contributed by atoms with Crippen LogP contribution in [0.2, 0.25) is 0 Å². The zero-order valence-corrected chi connectivity index (χ0v) is 11.9. The van der Waals surface area contributed by atoms with Crippen LogP contribution in [-0.4, -0.2) is 53.1 Å². The second-order valence-electron chi connectivity index (χ2n) is 4.12. The lowest BCUT2D eigenvalue weighted by molar-refractivity contribution is -0.164. The molecule has 2 unspecified atom stereocenters. The molecule has 7 heteroatoms. The topological polar surface area (TPSA) is 66.8 Å². The molecule has 0 saturated carbocycles. The highest BCUT2D eigenvalue weighted by Crippen LogP contribution is 2.24. The molecule has 0 aromatic rings. The first-order chi connectivity index (χ1) is 9.25. The molecule has 20 heavy (non-hydrogen) atoms. The summed E-state index contributed by atoms with van der Waals surface area (Å²) >= 11 is 0. The molecule has 0 rings (SSSR count). The van der Waals surface area contributed by atoms with Gasteiger partial charge in [0.05, 0.1) is 0 Å². The minimum Gasteiger partial charge on any atom is -0.438 e. The van der Waals surface area contributed by atoms with Gasteiger partial charge in [0.2, 0.25) is 5.78 Å². The van der Waals surface area contributed by atoms with E-state index in [0.29, 0.717) is 19.2 Å². The fraction of sp³-hybridized carbons (Fsp3) is 0.692. The number of halogens is 2. The molecule has 5 nitrogen and oxygen atoms in total. The van der Waals surface area contributed by atoms with Crippen LogP contribution in [0.15, 0.2) is 12.7 Å². The van der Waals surface area contributed by atoms with Crippen LogP contribution in [0.25, 0.3) is 0 Å². The van der Waals surface area contributed by atoms with Crippen molar-refractivity contribution in [2.75, 3.05) is 13.1 Å². The molecule has 2 atom stereocenters. The van der Waals surface area contributed by atoms with Crippen molar-refractivity contribution in [3.05, 3.63) is 12.7 Å². The van der Waals surface area contributed by atoms with Crippen molar-refractivity contribution in [3.8, 4) is 0 Å². The van der Waals surface area contributed by atoms with E-state index in [4.69, 9.17) is 9.84 Å². The van der Waals surface area contributed by atoms with Gasteiger partial charge < -0.3 is 14.7 Å². The summed E-state index contributed by atoms with van der Waals surface area (Å²) in [5, 5.41) is 9.10. The Morgan fingerprint density at radius 2 is 1.85 bits per heavy atom. The van der Waals surface area contributed by atoms with Crippen molar-refractivity contribution in [2.24, 2.45) is 0 Å². The SMILES string of the molecule is C=CC(O)C(F)(F)C(=O)C(CC)OC(=O)N(CC)CC. The van der Waals surface area contributed by atoms with Gasteiger partial charge in [-0.1, -0.05) is 13.0 Å². The summed E-state index contributed by atoms with van der Waals surface area (Å²) in [6.45, 7) is 8.52. The molecule has 0 aromatic carbocycles. The van der Waals surface area contributed by atoms with Crippen LogP contribution >= 0.6 is 0 Å². The maximum atomic E-state index is 13.6. The number of nitrogens with zero attached hydrogens (tertiary/aromatic N) is 1. The summed E-state index contributed by atoms with van der Waals surface area (Å²) < 4.78 is 32.0. The number of carbonyl (C=O) groups excluding carboxylic acids is 2. The number of rotatable bonds is 8. The van der Waals surface area contributed by atoms with Gasteiger partial charge in [0, 0.05) is 13.1 Å². The number of ether oxygens (including phenoxy) is 1. The van der Waals surface area contributed by atoms with Gasteiger partial charge in [0.25, 0.3) is 0 Å². The highest BCUT2D eigenvalue weighted by molar-refractivity contribution is 5.92. The second kappa shape index (κ2) is 7.94. The summed E-state index contributed by atoms with van der Waals surface area (Å²) in [7, 11) is 0. The third-order valence-corrected chi connectivity index (χ3v) is 2.85. The molecular weight excluding hydrogens is 272 g/mol. The fourth-order valence-corrected chi connectivity index (χ4v) is 1.51. The first kappa shape index (κ1) is 18.5. The van der Waals surface area contributed by atoms with Gasteiger partial charge >= 0.3 is 12.0 Å². The first-order valence-corrected chi connectivity index (χ1v) is 6.44. The standard InChI is InChI=1S/C13H21F2NO4/c1-5-9(20-12(19)16(7-3)8-4)11(18)13(14,15)10(17)6-2/h6,9-10,17H,2,5,7-8H2,1,3-4H3. The summed E-state index contributed by atoms with van der Waals surface area (Å²) in [4.78, 5) is 24.6. The van der Waals surface area contributed by atoms with Crippen molar-refractivity contribution < 1.29 is 28.2 Å². The third-order valence-electron chi connectivity index (χ3n) is 2.85. The highest BCUT2D eigenvalue weighted by Gasteiger charge is 2.49. The predicted molar refractivity (Wildman–Crippen MR) is 69.6 cm³/mol. The molecule has 0 saturated heterocycles. The Hall–Kier alpha value is -1.50. The maximum Gasteiger partial charge on any atom is 0.410 e. The average Bonchev–Trinajstić information content (AvgIpc) is 2.44. The number of hydrogen-bond acceptors (Lipinski definition) is 4. The van der Waals surface area contributed by atoms with Crippen molar-refractivity contribution in [1.29, 1.82) is 0 Å². The van der Waals surface area contributed by atoms with E-state index in [9.17, 15) is 18.4 Å². The summed E-state index contributed by atoms with van der Waals surface area (Å²) in [6.07, 6.45) is -4.29. The van der Waals surface area contributed by atoms with Crippen LogP contribution in [-0.2, 0) is 9.53 Å². The molecule has 0 radical (unpaired) electrons. The van der Waals surface area contributed by atoms with E-state index < -0.39 is 30.0 Å². The van der Waals surface area contributed by atoms with Crippen LogP contribution in [0.5, 0.6) is 0 Å². The van der Waals surface area contributed by atoms with Crippen LogP contribution in [0, 0.1) is 0 Å². The van der Waals surface area contributed by atoms with Gasteiger partial charge in [-0.05, 0) is 20.3 Å². The van der Waals surface area contributed by atoms with Crippen molar-refractivity contribution >= 4 is 11.9 Å². The lowest BCUT2D eigenvalue weighted by Gasteiger charge is -2.26. The van der Waals surface area contributed by atoms with Gasteiger partial charge in [-0.25, -0.2) is 4.79 Å². The molecular formula is C13H21F2NO4. The van der Waals surface area contributed by atoms with Crippen molar-refractivity contribution in [3.63, 3.8) is 0 Å². The van der Waals surface area contributed by atoms with Crippen LogP contribution in [0.4, 0.5) is 13.6 Å². The lowest BCUT2D eigenvalue weighted by atomic mass is 10.0. The number of carbonyl (C=O) groups is 2. The monoisotopic (exact) mass is 293 g/mol. The fourth-order valence-electron chi connectivity index (χ4n) is 1.51. The Labute approximate surface area is 117 Å². The molecule has 116 valence electrons. The Kier molecular flexibility index (Phi) is 7.34. The average molecular weight is 293 g/mol. The number of alkyl halides is 2. The van der Waals surface area contributed by atoms with E-state index in [1.54, 1.807) is 13.8 Å². The molecule has 0 bridgehead atoms. The van der Waals surface area contributed by atoms with Gasteiger partial charge in [-0.15, -0.1) is 6.58 Å². The smallest absolute Gasteiger partial charge is 0.410 e. The van der Waals surface area contributed by atoms with E-state index in [1.165, 1.54) is 11.8 Å². The Balaban J connectivity index is 4.97. The molecule has 1 N–H and O–H groups in total. The molecule has 0 aliphatic carbocycles. The molecule has 1 amide bonds. The molecule has 0 aliphatic rings. The number of Topliss-reactive ketones (excluding diaryl/α,β-unsaturated/α-hetero) is 1. The van der Waals surface area contributed by atoms with Gasteiger partial charge in [-0.2, -0.15) is 8.78 Å². The Morgan fingerprint density at radius 1 is 1.35 bits per heavy atom. The number of hydrogen-bond donors (Lipinski definition) is 1. The van der Waals surface area contributed by atoms with Crippen molar-refractivity contribution in [2.45, 2.75) is 45.3 Å². The summed E-state index contributed by atoms with van der Waals surface area (Å²) in [5.74, 6) is -5.67. The van der Waals surface area contributed by atoms with E-state index in [-0.39, 0.29) is 6.42 Å². The minimum absolute atomic E-state index is 0.106. The van der Waals surface area contributed by atoms with Gasteiger partial charge in [0.15, 0.2) is 6.10 Å². The van der Waals surface area contributed by atoms with Crippen LogP contribution in [0.3, 0.4) is 0 Å². The quantitative estimate of drug-likeness (QED) is 0.695. The lowest BCUT2D eigenvalue weighted by Crippen LogP contribution is -2.48. The Bertz CT molecular complexity index is 356. The number of aliphatic hydroxyl groups is 1. The maximum absolute atomic E-state index is 13.6. The number of ketones is 1. The molecule has 0 aliphatic heterocycles. The largest absolute Gasteiger partial charge is 0.438 e. The van der Waals surface area contributed by atoms with E-state index in [2.05, 4.69) is 6.58 Å². The summed E-state index contributed by atoms with van der Waals surface area (Å²) in [5.41, 5.74) is 0. The highest BCUT2D eigenvalue weighted by atomic mass is 19.3. The zero-order chi connectivity index (χ0) is 15.9. The van der Waals surface area contributed by atoms with E-state index >= 15 is 0 Å². The molecule has 0 aromatic heterocycles. The van der Waals surface area contributed by atoms with Crippen molar-refractivity contribution in [1.82, 2.24) is 4.90 Å². The van der Waals surface area contributed by atoms with E-state index in [0.717, 1.165) is 0 Å². The first-order valence-electron chi connectivity index (χ1n) is 6.44. The van der Waals surface area contributed by atoms with Gasteiger partial charge in [-0.3, -0.25) is 4.79 Å². The Morgan fingerprint density at radius 3 is 2.20 bits per heavy atom. The normalized spacial score (nSPS) is 14.3. The second-order valence-corrected chi connectivity index (χ2v) is 4.12. The molecule has 0 spiro atoms.